The molecule has 0 saturated carbocycles. The predicted molar refractivity (Wildman–Crippen MR) is 74.2 cm³/mol. The number of ketones is 1. The molecule has 0 bridgehead atoms. The van der Waals surface area contributed by atoms with Crippen LogP contribution in [0.15, 0.2) is 0 Å². The molecular formula is C14H24N2O4. The van der Waals surface area contributed by atoms with E-state index in [0.717, 1.165) is 0 Å². The maximum atomic E-state index is 11.9. The number of carboxylic acid groups (broad SMARTS) is 1. The summed E-state index contributed by atoms with van der Waals surface area (Å²) in [6, 6.07) is -0.474. The molecule has 0 aromatic heterocycles. The van der Waals surface area contributed by atoms with Crippen molar-refractivity contribution in [1.82, 2.24) is 10.2 Å². The Bertz CT molecular complexity index is 395. The van der Waals surface area contributed by atoms with E-state index < -0.39 is 17.9 Å². The number of hydrogen-bond acceptors (Lipinski definition) is 4. The summed E-state index contributed by atoms with van der Waals surface area (Å²) < 4.78 is 0. The molecule has 1 aliphatic rings. The van der Waals surface area contributed by atoms with Crippen molar-refractivity contribution in [2.24, 2.45) is 17.8 Å². The van der Waals surface area contributed by atoms with Gasteiger partial charge in [-0.2, -0.15) is 0 Å². The molecule has 6 nitrogen and oxygen atoms in total. The van der Waals surface area contributed by atoms with Gasteiger partial charge in [-0.1, -0.05) is 20.8 Å². The summed E-state index contributed by atoms with van der Waals surface area (Å²) in [4.78, 5) is 36.3. The van der Waals surface area contributed by atoms with Crippen LogP contribution in [0.4, 0.5) is 0 Å². The zero-order valence-electron chi connectivity index (χ0n) is 12.5. The van der Waals surface area contributed by atoms with Crippen molar-refractivity contribution in [2.75, 3.05) is 19.6 Å². The van der Waals surface area contributed by atoms with Crippen LogP contribution in [-0.4, -0.2) is 53.3 Å². The summed E-state index contributed by atoms with van der Waals surface area (Å²) in [6.07, 6.45) is 0. The van der Waals surface area contributed by atoms with E-state index in [1.165, 1.54) is 6.92 Å². The number of hydrogen-bond donors (Lipinski definition) is 2. The molecule has 114 valence electrons. The minimum atomic E-state index is -0.816. The third kappa shape index (κ3) is 4.30. The van der Waals surface area contributed by atoms with Crippen LogP contribution in [0.5, 0.6) is 0 Å². The molecule has 3 atom stereocenters. The summed E-state index contributed by atoms with van der Waals surface area (Å²) in [5.41, 5.74) is 0. The zero-order valence-corrected chi connectivity index (χ0v) is 12.5. The molecule has 1 saturated heterocycles. The Balaban J connectivity index is 2.51. The Morgan fingerprint density at radius 1 is 1.30 bits per heavy atom. The summed E-state index contributed by atoms with van der Waals surface area (Å²) in [5, 5.41) is 11.8. The molecule has 2 N–H and O–H groups in total. The van der Waals surface area contributed by atoms with Crippen molar-refractivity contribution in [3.05, 3.63) is 0 Å². The van der Waals surface area contributed by atoms with Gasteiger partial charge < -0.3 is 10.4 Å². The minimum Gasteiger partial charge on any atom is -0.481 e. The predicted octanol–water partition coefficient (Wildman–Crippen LogP) is 0.369. The van der Waals surface area contributed by atoms with Crippen molar-refractivity contribution < 1.29 is 19.5 Å². The van der Waals surface area contributed by atoms with Gasteiger partial charge in [0.05, 0.1) is 18.5 Å². The van der Waals surface area contributed by atoms with Crippen LogP contribution in [-0.2, 0) is 14.4 Å². The second-order valence-corrected chi connectivity index (χ2v) is 6.02. The first-order chi connectivity index (χ1) is 9.22. The molecular weight excluding hydrogens is 260 g/mol. The molecule has 0 spiro atoms. The van der Waals surface area contributed by atoms with E-state index in [-0.39, 0.29) is 30.1 Å². The molecule has 0 aromatic rings. The largest absolute Gasteiger partial charge is 0.481 e. The van der Waals surface area contributed by atoms with Gasteiger partial charge in [0, 0.05) is 13.1 Å². The second kappa shape index (κ2) is 6.83. The van der Waals surface area contributed by atoms with Crippen LogP contribution in [0, 0.1) is 17.8 Å². The number of amides is 1. The average Bonchev–Trinajstić information content (AvgIpc) is 2.66. The lowest BCUT2D eigenvalue weighted by Crippen LogP contribution is -2.47. The standard InChI is InChI=1S/C14H24N2O4/c1-8(2)13(10(4)17)15-12(18)7-16-5-9(3)11(6-16)14(19)20/h8-9,11,13H,5-7H2,1-4H3,(H,15,18)(H,19,20)/t9-,11-,13?/m1/s1. The van der Waals surface area contributed by atoms with Gasteiger partial charge in [0.1, 0.15) is 0 Å². The molecule has 1 fully saturated rings. The number of nitrogens with zero attached hydrogens (tertiary/aromatic N) is 1. The van der Waals surface area contributed by atoms with Gasteiger partial charge in [0.15, 0.2) is 5.78 Å². The molecule has 1 aliphatic heterocycles. The first-order valence-corrected chi connectivity index (χ1v) is 6.97. The number of carbonyl (C=O) groups is 3. The Morgan fingerprint density at radius 3 is 2.30 bits per heavy atom. The number of carboxylic acids is 1. The Morgan fingerprint density at radius 2 is 1.90 bits per heavy atom. The van der Waals surface area contributed by atoms with E-state index in [2.05, 4.69) is 5.32 Å². The summed E-state index contributed by atoms with van der Waals surface area (Å²) in [7, 11) is 0. The van der Waals surface area contributed by atoms with E-state index in [4.69, 9.17) is 5.11 Å². The summed E-state index contributed by atoms with van der Waals surface area (Å²) >= 11 is 0. The normalized spacial score (nSPS) is 24.6. The fourth-order valence-corrected chi connectivity index (χ4v) is 2.68. The molecule has 0 aliphatic carbocycles. The highest BCUT2D eigenvalue weighted by Gasteiger charge is 2.35. The zero-order chi connectivity index (χ0) is 15.4. The molecule has 1 rings (SSSR count). The molecule has 1 heterocycles. The molecule has 1 amide bonds. The number of aliphatic carboxylic acids is 1. The second-order valence-electron chi connectivity index (χ2n) is 6.02. The van der Waals surface area contributed by atoms with Crippen LogP contribution in [0.2, 0.25) is 0 Å². The fourth-order valence-electron chi connectivity index (χ4n) is 2.68. The van der Waals surface area contributed by atoms with Crippen molar-refractivity contribution in [2.45, 2.75) is 33.7 Å². The fraction of sp³-hybridized carbons (Fsp3) is 0.786. The van der Waals surface area contributed by atoms with E-state index in [1.807, 2.05) is 25.7 Å². The maximum Gasteiger partial charge on any atom is 0.308 e. The lowest BCUT2D eigenvalue weighted by Gasteiger charge is -2.21. The monoisotopic (exact) mass is 284 g/mol. The van der Waals surface area contributed by atoms with E-state index in [9.17, 15) is 14.4 Å². The van der Waals surface area contributed by atoms with Crippen molar-refractivity contribution in [1.29, 1.82) is 0 Å². The number of nitrogens with one attached hydrogen (secondary N) is 1. The van der Waals surface area contributed by atoms with Crippen LogP contribution in [0.1, 0.15) is 27.7 Å². The van der Waals surface area contributed by atoms with E-state index in [1.54, 1.807) is 0 Å². The Labute approximate surface area is 119 Å². The number of rotatable bonds is 6. The minimum absolute atomic E-state index is 0.0361. The Kier molecular flexibility index (Phi) is 5.68. The van der Waals surface area contributed by atoms with E-state index in [0.29, 0.717) is 13.1 Å². The number of likely N-dealkylation sites (tertiary alicyclic amines) is 1. The smallest absolute Gasteiger partial charge is 0.308 e. The quantitative estimate of drug-likeness (QED) is 0.736. The van der Waals surface area contributed by atoms with Gasteiger partial charge in [-0.3, -0.25) is 19.3 Å². The van der Waals surface area contributed by atoms with Crippen LogP contribution in [0.3, 0.4) is 0 Å². The Hall–Kier alpha value is -1.43. The van der Waals surface area contributed by atoms with Crippen LogP contribution < -0.4 is 5.32 Å². The van der Waals surface area contributed by atoms with Gasteiger partial charge in [-0.25, -0.2) is 0 Å². The number of Topliss-reactive ketones (excluding diaryl/α,β-unsaturated/α-hetero) is 1. The van der Waals surface area contributed by atoms with Gasteiger partial charge in [0.25, 0.3) is 0 Å². The van der Waals surface area contributed by atoms with E-state index >= 15 is 0 Å². The lowest BCUT2D eigenvalue weighted by molar-refractivity contribution is -0.142. The third-order valence-electron chi connectivity index (χ3n) is 3.79. The maximum absolute atomic E-state index is 11.9. The van der Waals surface area contributed by atoms with Crippen molar-refractivity contribution >= 4 is 17.7 Å². The third-order valence-corrected chi connectivity index (χ3v) is 3.79. The summed E-state index contributed by atoms with van der Waals surface area (Å²) in [5.74, 6) is -1.45. The molecule has 0 radical (unpaired) electrons. The lowest BCUT2D eigenvalue weighted by atomic mass is 9.99. The molecule has 20 heavy (non-hydrogen) atoms. The average molecular weight is 284 g/mol. The first kappa shape index (κ1) is 16.6. The van der Waals surface area contributed by atoms with Gasteiger partial charge >= 0.3 is 5.97 Å². The van der Waals surface area contributed by atoms with Gasteiger partial charge in [-0.15, -0.1) is 0 Å². The van der Waals surface area contributed by atoms with Crippen LogP contribution in [0.25, 0.3) is 0 Å². The molecule has 1 unspecified atom stereocenters. The highest BCUT2D eigenvalue weighted by Crippen LogP contribution is 2.22. The van der Waals surface area contributed by atoms with Gasteiger partial charge in [0.2, 0.25) is 5.91 Å². The van der Waals surface area contributed by atoms with Crippen LogP contribution >= 0.6 is 0 Å². The van der Waals surface area contributed by atoms with Crippen molar-refractivity contribution in [3.63, 3.8) is 0 Å². The van der Waals surface area contributed by atoms with Gasteiger partial charge in [-0.05, 0) is 18.8 Å². The molecule has 0 aromatic carbocycles. The first-order valence-electron chi connectivity index (χ1n) is 6.97. The van der Waals surface area contributed by atoms with Crippen molar-refractivity contribution in [3.8, 4) is 0 Å². The SMILES string of the molecule is CC(=O)C(NC(=O)CN1C[C@@H](C)[C@H](C(=O)O)C1)C(C)C. The molecule has 6 heteroatoms. The number of carbonyl (C=O) groups excluding carboxylic acids is 2. The highest BCUT2D eigenvalue weighted by atomic mass is 16.4. The highest BCUT2D eigenvalue weighted by molar-refractivity contribution is 5.88. The summed E-state index contributed by atoms with van der Waals surface area (Å²) in [6.45, 7) is 8.22. The topological polar surface area (TPSA) is 86.7 Å².